The minimum Gasteiger partial charge on any atom is -0.369 e. The summed E-state index contributed by atoms with van der Waals surface area (Å²) in [6.07, 6.45) is 1.72. The predicted molar refractivity (Wildman–Crippen MR) is 151 cm³/mol. The Kier molecular flexibility index (Phi) is 7.88. The van der Waals surface area contributed by atoms with Gasteiger partial charge in [-0.1, -0.05) is 12.1 Å². The van der Waals surface area contributed by atoms with E-state index in [1.807, 2.05) is 12.1 Å². The van der Waals surface area contributed by atoms with Gasteiger partial charge in [-0.3, -0.25) is 24.8 Å². The van der Waals surface area contributed by atoms with Gasteiger partial charge in [0.25, 0.3) is 5.69 Å². The minimum atomic E-state index is -4.37. The van der Waals surface area contributed by atoms with E-state index in [9.17, 15) is 27.7 Å². The molecule has 210 valence electrons. The summed E-state index contributed by atoms with van der Waals surface area (Å²) >= 11 is 0. The molecule has 1 aliphatic heterocycles. The monoisotopic (exact) mass is 575 g/mol. The second-order valence-electron chi connectivity index (χ2n) is 9.61. The number of aromatic nitrogens is 1. The van der Waals surface area contributed by atoms with Gasteiger partial charge < -0.3 is 4.90 Å². The van der Waals surface area contributed by atoms with Crippen molar-refractivity contribution in [1.82, 2.24) is 9.88 Å². The van der Waals surface area contributed by atoms with Gasteiger partial charge in [-0.2, -0.15) is 0 Å². The maximum Gasteiger partial charge on any atom is 0.281 e. The predicted octanol–water partition coefficient (Wildman–Crippen LogP) is 4.00. The average Bonchev–Trinajstić information content (AvgIpc) is 2.97. The van der Waals surface area contributed by atoms with Crippen molar-refractivity contribution in [3.8, 4) is 11.3 Å². The van der Waals surface area contributed by atoms with Crippen molar-refractivity contribution in [3.05, 3.63) is 118 Å². The van der Waals surface area contributed by atoms with Crippen LogP contribution in [0.2, 0.25) is 0 Å². The molecule has 1 aliphatic rings. The van der Waals surface area contributed by atoms with Crippen LogP contribution >= 0.6 is 0 Å². The van der Waals surface area contributed by atoms with Gasteiger partial charge in [0.05, 0.1) is 15.5 Å². The maximum atomic E-state index is 13.4. The third-order valence-electron chi connectivity index (χ3n) is 7.00. The second kappa shape index (κ2) is 11.5. The zero-order valence-corrected chi connectivity index (χ0v) is 22.6. The summed E-state index contributed by atoms with van der Waals surface area (Å²) in [4.78, 5) is 32.4. The molecule has 4 aromatic rings. The lowest BCUT2D eigenvalue weighted by atomic mass is 10.0. The molecular formula is C29H26FN5O5S. The molecule has 2 N–H and O–H groups in total. The molecule has 0 atom stereocenters. The highest BCUT2D eigenvalue weighted by Crippen LogP contribution is 2.29. The Balaban J connectivity index is 1.28. The molecule has 0 amide bonds. The number of carbonyl (C=O) groups excluding carboxylic acids is 1. The van der Waals surface area contributed by atoms with Gasteiger partial charge in [-0.15, -0.1) is 0 Å². The highest BCUT2D eigenvalue weighted by Gasteiger charge is 2.29. The molecule has 0 bridgehead atoms. The van der Waals surface area contributed by atoms with Crippen LogP contribution in [0.5, 0.6) is 0 Å². The van der Waals surface area contributed by atoms with Crippen LogP contribution in [-0.2, 0) is 16.6 Å². The van der Waals surface area contributed by atoms with Crippen LogP contribution < -0.4 is 10.0 Å². The van der Waals surface area contributed by atoms with Gasteiger partial charge in [0.1, 0.15) is 11.4 Å². The number of ketones is 1. The van der Waals surface area contributed by atoms with Gasteiger partial charge in [0, 0.05) is 61.8 Å². The molecule has 10 nitrogen and oxygen atoms in total. The summed E-state index contributed by atoms with van der Waals surface area (Å²) in [6.45, 7) is 3.67. The molecule has 41 heavy (non-hydrogen) atoms. The fraction of sp³-hybridized carbons (Fsp3) is 0.172. The van der Waals surface area contributed by atoms with Gasteiger partial charge in [-0.05, 0) is 66.2 Å². The van der Waals surface area contributed by atoms with E-state index in [1.54, 1.807) is 30.5 Å². The molecule has 0 spiro atoms. The molecule has 1 fully saturated rings. The molecule has 2 heterocycles. The number of piperazine rings is 1. The fourth-order valence-corrected chi connectivity index (χ4v) is 5.69. The van der Waals surface area contributed by atoms with Gasteiger partial charge >= 0.3 is 0 Å². The summed E-state index contributed by atoms with van der Waals surface area (Å²) < 4.78 is 37.5. The van der Waals surface area contributed by atoms with Crippen LogP contribution in [0.25, 0.3) is 11.3 Å². The molecule has 0 unspecified atom stereocenters. The lowest BCUT2D eigenvalue weighted by molar-refractivity contribution is -0.385. The van der Waals surface area contributed by atoms with Gasteiger partial charge in [-0.25, -0.2) is 17.9 Å². The van der Waals surface area contributed by atoms with Crippen molar-refractivity contribution in [3.63, 3.8) is 0 Å². The second-order valence-corrected chi connectivity index (χ2v) is 11.1. The van der Waals surface area contributed by atoms with Crippen molar-refractivity contribution in [1.29, 1.82) is 0 Å². The van der Waals surface area contributed by atoms with Crippen molar-refractivity contribution < 1.29 is 22.5 Å². The van der Waals surface area contributed by atoms with Crippen molar-refractivity contribution in [2.75, 3.05) is 31.1 Å². The highest BCUT2D eigenvalue weighted by atomic mass is 32.2. The fourth-order valence-electron chi connectivity index (χ4n) is 4.94. The number of hydrogen-bond acceptors (Lipinski definition) is 8. The minimum absolute atomic E-state index is 0.108. The first kappa shape index (κ1) is 28.0. The Bertz CT molecular complexity index is 1700. The smallest absolute Gasteiger partial charge is 0.281 e. The van der Waals surface area contributed by atoms with E-state index >= 15 is 0 Å². The van der Waals surface area contributed by atoms with E-state index in [0.29, 0.717) is 6.54 Å². The van der Waals surface area contributed by atoms with E-state index in [2.05, 4.69) is 14.8 Å². The zero-order chi connectivity index (χ0) is 29.1. The lowest BCUT2D eigenvalue weighted by Gasteiger charge is -2.36. The number of benzene rings is 3. The van der Waals surface area contributed by atoms with Crippen LogP contribution in [0.15, 0.2) is 90.0 Å². The Morgan fingerprint density at radius 2 is 1.63 bits per heavy atom. The Labute approximate surface area is 236 Å². The van der Waals surface area contributed by atoms with E-state index in [1.165, 1.54) is 30.3 Å². The summed E-state index contributed by atoms with van der Waals surface area (Å²) in [5, 5.41) is 16.8. The summed E-state index contributed by atoms with van der Waals surface area (Å²) in [6, 6.07) is 20.1. The number of halogens is 1. The number of anilines is 1. The Morgan fingerprint density at radius 3 is 2.27 bits per heavy atom. The summed E-state index contributed by atoms with van der Waals surface area (Å²) in [5.74, 6) is -1.10. The van der Waals surface area contributed by atoms with E-state index < -0.39 is 36.9 Å². The van der Waals surface area contributed by atoms with Gasteiger partial charge in [0.2, 0.25) is 15.8 Å². The average molecular weight is 576 g/mol. The number of hydrogen-bond donors (Lipinski definition) is 1. The highest BCUT2D eigenvalue weighted by molar-refractivity contribution is 7.89. The van der Waals surface area contributed by atoms with Crippen LogP contribution in [0.1, 0.15) is 21.5 Å². The topological polar surface area (TPSA) is 140 Å². The summed E-state index contributed by atoms with van der Waals surface area (Å²) in [7, 11) is -4.37. The van der Waals surface area contributed by atoms with E-state index in [0.717, 1.165) is 60.8 Å². The van der Waals surface area contributed by atoms with Crippen molar-refractivity contribution >= 4 is 27.2 Å². The molecule has 1 aromatic heterocycles. The number of sulfonamides is 1. The third kappa shape index (κ3) is 6.14. The first-order chi connectivity index (χ1) is 19.6. The lowest BCUT2D eigenvalue weighted by Crippen LogP contribution is -2.46. The van der Waals surface area contributed by atoms with Crippen molar-refractivity contribution in [2.45, 2.75) is 11.4 Å². The molecular weight excluding hydrogens is 549 g/mol. The Morgan fingerprint density at radius 1 is 0.951 bits per heavy atom. The molecule has 0 aliphatic carbocycles. The van der Waals surface area contributed by atoms with Crippen LogP contribution in [-0.4, -0.2) is 55.2 Å². The molecule has 1 saturated heterocycles. The largest absolute Gasteiger partial charge is 0.369 e. The van der Waals surface area contributed by atoms with Gasteiger partial charge in [0.15, 0.2) is 0 Å². The van der Waals surface area contributed by atoms with Crippen LogP contribution in [0, 0.1) is 15.9 Å². The van der Waals surface area contributed by atoms with E-state index in [-0.39, 0.29) is 11.4 Å². The van der Waals surface area contributed by atoms with E-state index in [4.69, 9.17) is 5.14 Å². The SMILES string of the molecule is NS(=O)(=O)c1cccc([N+](=O)[O-])c1C(=O)c1ccc(N2CCN(Cc3cccnc3-c3ccc(F)cc3)CC2)cc1. The number of nitrogens with zero attached hydrogens (tertiary/aromatic N) is 4. The number of primary sulfonamides is 1. The zero-order valence-electron chi connectivity index (χ0n) is 21.8. The molecule has 3 aromatic carbocycles. The Hall–Kier alpha value is -4.52. The number of carbonyl (C=O) groups is 1. The quantitative estimate of drug-likeness (QED) is 0.189. The number of nitrogens with two attached hydrogens (primary N) is 1. The van der Waals surface area contributed by atoms with Crippen molar-refractivity contribution in [2.24, 2.45) is 5.14 Å². The number of rotatable bonds is 8. The molecule has 5 rings (SSSR count). The number of nitro benzene ring substituents is 1. The normalized spacial score (nSPS) is 14.1. The maximum absolute atomic E-state index is 13.4. The summed E-state index contributed by atoms with van der Waals surface area (Å²) in [5.41, 5.74) is 2.51. The first-order valence-corrected chi connectivity index (χ1v) is 14.3. The van der Waals surface area contributed by atoms with Crippen LogP contribution in [0.4, 0.5) is 15.8 Å². The van der Waals surface area contributed by atoms with Crippen LogP contribution in [0.3, 0.4) is 0 Å². The molecule has 12 heteroatoms. The first-order valence-electron chi connectivity index (χ1n) is 12.7. The standard InChI is InChI=1S/C29H26FN5O5S/c30-23-10-6-20(7-11-23)28-22(3-2-14-32-28)19-33-15-17-34(18-16-33)24-12-8-21(9-13-24)29(36)27-25(35(37)38)4-1-5-26(27)41(31,39)40/h1-14H,15-19H2,(H2,31,39,40). The molecule has 0 radical (unpaired) electrons. The number of pyridine rings is 1. The molecule has 0 saturated carbocycles. The third-order valence-corrected chi connectivity index (χ3v) is 7.96. The number of nitro groups is 1.